The Kier molecular flexibility index (Phi) is 6.05. The summed E-state index contributed by atoms with van der Waals surface area (Å²) in [4.78, 5) is 14.1. The van der Waals surface area contributed by atoms with E-state index in [-0.39, 0.29) is 18.0 Å². The van der Waals surface area contributed by atoms with Crippen LogP contribution in [0.25, 0.3) is 0 Å². The summed E-state index contributed by atoms with van der Waals surface area (Å²) >= 11 is 13.2. The van der Waals surface area contributed by atoms with Crippen LogP contribution in [0.5, 0.6) is 0 Å². The van der Waals surface area contributed by atoms with Crippen LogP contribution in [-0.4, -0.2) is 41.2 Å². The number of carbonyl (C=O) groups excluding carboxylic acids is 1. The normalized spacial score (nSPS) is 23.4. The molecule has 1 N–H and O–H groups in total. The molecule has 0 spiro atoms. The van der Waals surface area contributed by atoms with Crippen LogP contribution >= 0.6 is 23.2 Å². The summed E-state index contributed by atoms with van der Waals surface area (Å²) in [6, 6.07) is 3.49. The zero-order chi connectivity index (χ0) is 21.7. The van der Waals surface area contributed by atoms with Gasteiger partial charge in [-0.2, -0.15) is 0 Å². The van der Waals surface area contributed by atoms with Gasteiger partial charge in [0.05, 0.1) is 11.2 Å². The Morgan fingerprint density at radius 3 is 2.14 bits per heavy atom. The molecule has 0 aliphatic carbocycles. The van der Waals surface area contributed by atoms with Crippen LogP contribution in [0.15, 0.2) is 24.0 Å². The van der Waals surface area contributed by atoms with Gasteiger partial charge >= 0.3 is 7.12 Å². The quantitative estimate of drug-likeness (QED) is 0.724. The van der Waals surface area contributed by atoms with Crippen LogP contribution in [0.1, 0.15) is 54.0 Å². The highest BCUT2D eigenvalue weighted by Crippen LogP contribution is 2.37. The fraction of sp³-hybridized carbons (Fsp3) is 0.571. The summed E-state index contributed by atoms with van der Waals surface area (Å²) in [7, 11) is -0.523. The summed E-state index contributed by atoms with van der Waals surface area (Å²) in [5.74, 6) is 0.0528. The fourth-order valence-electron chi connectivity index (χ4n) is 3.43. The lowest BCUT2D eigenvalue weighted by Gasteiger charge is -2.33. The largest absolute Gasteiger partial charge is 0.494 e. The van der Waals surface area contributed by atoms with E-state index in [0.29, 0.717) is 16.5 Å². The van der Waals surface area contributed by atoms with Crippen molar-refractivity contribution in [2.45, 2.75) is 78.2 Å². The SMILES string of the molecule is CC1NC(Cc2c(Cl)cc(B3OC(C)(C)C(C)(C)O3)cc2Cl)=CN(C(C)C)C1=O. The summed E-state index contributed by atoms with van der Waals surface area (Å²) in [6.45, 7) is 13.9. The molecule has 1 atom stereocenters. The van der Waals surface area contributed by atoms with Crippen LogP contribution in [0, 0.1) is 0 Å². The maximum atomic E-state index is 12.3. The van der Waals surface area contributed by atoms with E-state index >= 15 is 0 Å². The molecule has 0 aromatic heterocycles. The topological polar surface area (TPSA) is 50.8 Å². The van der Waals surface area contributed by atoms with Gasteiger partial charge in [0, 0.05) is 34.4 Å². The Bertz CT molecular complexity index is 815. The van der Waals surface area contributed by atoms with Gasteiger partial charge in [-0.05, 0) is 71.6 Å². The minimum Gasteiger partial charge on any atom is -0.399 e. The zero-order valence-corrected chi connectivity index (χ0v) is 19.6. The Morgan fingerprint density at radius 1 is 1.14 bits per heavy atom. The monoisotopic (exact) mass is 438 g/mol. The van der Waals surface area contributed by atoms with Crippen molar-refractivity contribution < 1.29 is 14.1 Å². The highest BCUT2D eigenvalue weighted by molar-refractivity contribution is 6.63. The number of hydrogen-bond donors (Lipinski definition) is 1. The van der Waals surface area contributed by atoms with Crippen molar-refractivity contribution >= 4 is 41.7 Å². The Labute approximate surface area is 183 Å². The number of carbonyl (C=O) groups is 1. The van der Waals surface area contributed by atoms with Gasteiger partial charge in [-0.1, -0.05) is 23.2 Å². The Balaban J connectivity index is 1.86. The molecule has 0 saturated carbocycles. The molecule has 1 fully saturated rings. The second kappa shape index (κ2) is 7.80. The van der Waals surface area contributed by atoms with E-state index in [1.54, 1.807) is 4.90 Å². The number of allylic oxidation sites excluding steroid dienone is 1. The van der Waals surface area contributed by atoms with Gasteiger partial charge in [0.15, 0.2) is 0 Å². The molecule has 8 heteroatoms. The average molecular weight is 439 g/mol. The Morgan fingerprint density at radius 2 is 1.66 bits per heavy atom. The van der Waals surface area contributed by atoms with Crippen LogP contribution in [-0.2, 0) is 20.5 Å². The maximum Gasteiger partial charge on any atom is 0.494 e. The number of benzene rings is 1. The molecule has 29 heavy (non-hydrogen) atoms. The van der Waals surface area contributed by atoms with Crippen LogP contribution in [0.4, 0.5) is 0 Å². The first kappa shape index (κ1) is 22.5. The molecule has 0 radical (unpaired) electrons. The number of nitrogens with one attached hydrogen (secondary N) is 1. The number of halogens is 2. The lowest BCUT2D eigenvalue weighted by Crippen LogP contribution is -2.49. The van der Waals surface area contributed by atoms with Gasteiger partial charge in [-0.25, -0.2) is 0 Å². The van der Waals surface area contributed by atoms with Crippen molar-refractivity contribution in [3.63, 3.8) is 0 Å². The van der Waals surface area contributed by atoms with E-state index in [2.05, 4.69) is 5.32 Å². The molecular weight excluding hydrogens is 410 g/mol. The summed E-state index contributed by atoms with van der Waals surface area (Å²) in [5.41, 5.74) is 1.63. The number of amides is 1. The molecule has 2 aliphatic heterocycles. The number of hydrogen-bond acceptors (Lipinski definition) is 4. The van der Waals surface area contributed by atoms with Gasteiger partial charge in [-0.15, -0.1) is 0 Å². The molecule has 158 valence electrons. The standard InChI is InChI=1S/C21H29BCl2N2O3/c1-12(2)26-11-15(25-13(3)19(26)27)10-16-17(23)8-14(9-18(16)24)22-28-20(4,5)21(6,7)29-22/h8-9,11-13,25H,10H2,1-7H3. The van der Waals surface area contributed by atoms with Crippen molar-refractivity contribution in [1.82, 2.24) is 10.2 Å². The van der Waals surface area contributed by atoms with Gasteiger partial charge in [-0.3, -0.25) is 4.79 Å². The molecule has 3 rings (SSSR count). The van der Waals surface area contributed by atoms with Crippen LogP contribution in [0.2, 0.25) is 10.0 Å². The molecule has 1 aromatic carbocycles. The summed E-state index contributed by atoms with van der Waals surface area (Å²) < 4.78 is 12.2. The molecular formula is C21H29BCl2N2O3. The van der Waals surface area contributed by atoms with E-state index in [1.807, 2.05) is 66.8 Å². The minimum atomic E-state index is -0.523. The molecule has 2 heterocycles. The number of nitrogens with zero attached hydrogens (tertiary/aromatic N) is 1. The van der Waals surface area contributed by atoms with Gasteiger partial charge in [0.25, 0.3) is 0 Å². The Hall–Kier alpha value is -1.21. The molecule has 1 unspecified atom stereocenters. The molecule has 1 aromatic rings. The molecule has 2 aliphatic rings. The predicted octanol–water partition coefficient (Wildman–Crippen LogP) is 3.91. The average Bonchev–Trinajstić information content (AvgIpc) is 2.81. The van der Waals surface area contributed by atoms with E-state index in [1.165, 1.54) is 0 Å². The van der Waals surface area contributed by atoms with E-state index in [0.717, 1.165) is 16.7 Å². The fourth-order valence-corrected chi connectivity index (χ4v) is 4.07. The summed E-state index contributed by atoms with van der Waals surface area (Å²) in [5, 5.41) is 4.34. The van der Waals surface area contributed by atoms with Gasteiger partial charge < -0.3 is 19.5 Å². The molecule has 1 amide bonds. The number of rotatable bonds is 4. The molecule has 5 nitrogen and oxygen atoms in total. The first-order valence-electron chi connectivity index (χ1n) is 9.95. The smallest absolute Gasteiger partial charge is 0.399 e. The predicted molar refractivity (Wildman–Crippen MR) is 119 cm³/mol. The van der Waals surface area contributed by atoms with Gasteiger partial charge in [0.1, 0.15) is 6.04 Å². The van der Waals surface area contributed by atoms with E-state index < -0.39 is 18.3 Å². The highest BCUT2D eigenvalue weighted by atomic mass is 35.5. The second-order valence-corrected chi connectivity index (χ2v) is 9.90. The third-order valence-electron chi connectivity index (χ3n) is 5.93. The first-order chi connectivity index (χ1) is 13.3. The van der Waals surface area contributed by atoms with Crippen molar-refractivity contribution in [3.8, 4) is 0 Å². The molecule has 1 saturated heterocycles. The second-order valence-electron chi connectivity index (χ2n) is 9.09. The first-order valence-corrected chi connectivity index (χ1v) is 10.7. The van der Waals surface area contributed by atoms with Crippen molar-refractivity contribution in [3.05, 3.63) is 39.6 Å². The minimum absolute atomic E-state index is 0.0528. The van der Waals surface area contributed by atoms with Crippen molar-refractivity contribution in [2.24, 2.45) is 0 Å². The molecule has 0 bridgehead atoms. The maximum absolute atomic E-state index is 12.3. The van der Waals surface area contributed by atoms with E-state index in [4.69, 9.17) is 32.5 Å². The lowest BCUT2D eigenvalue weighted by molar-refractivity contribution is -0.132. The van der Waals surface area contributed by atoms with Crippen LogP contribution < -0.4 is 10.8 Å². The lowest BCUT2D eigenvalue weighted by atomic mass is 9.78. The highest BCUT2D eigenvalue weighted by Gasteiger charge is 2.51. The third kappa shape index (κ3) is 4.31. The van der Waals surface area contributed by atoms with Crippen molar-refractivity contribution in [2.75, 3.05) is 0 Å². The zero-order valence-electron chi connectivity index (χ0n) is 18.1. The van der Waals surface area contributed by atoms with Crippen molar-refractivity contribution in [1.29, 1.82) is 0 Å². The third-order valence-corrected chi connectivity index (χ3v) is 6.61. The van der Waals surface area contributed by atoms with Crippen LogP contribution in [0.3, 0.4) is 0 Å². The summed E-state index contributed by atoms with van der Waals surface area (Å²) in [6.07, 6.45) is 2.35. The van der Waals surface area contributed by atoms with Gasteiger partial charge in [0.2, 0.25) is 5.91 Å². The van der Waals surface area contributed by atoms with E-state index in [9.17, 15) is 4.79 Å².